The SMILES string of the molecule is C=C/C=C(\C=C)COC1(C(F)(F)F)CC/C=C\CCC(C)c2nc(c(NC(=O)OC(C)(C)C)cc2C(F)(F)F)-c2nnc1o2. The van der Waals surface area contributed by atoms with Crippen LogP contribution in [0.2, 0.25) is 0 Å². The molecule has 0 radical (unpaired) electrons. The van der Waals surface area contributed by atoms with Crippen molar-refractivity contribution >= 4 is 11.8 Å². The lowest BCUT2D eigenvalue weighted by Crippen LogP contribution is -2.45. The van der Waals surface area contributed by atoms with Crippen LogP contribution in [0.4, 0.5) is 36.8 Å². The average Bonchev–Trinajstić information content (AvgIpc) is 3.38. The Morgan fingerprint density at radius 1 is 1.14 bits per heavy atom. The zero-order valence-corrected chi connectivity index (χ0v) is 24.7. The molecule has 0 saturated heterocycles. The summed E-state index contributed by atoms with van der Waals surface area (Å²) in [6, 6.07) is 0.633. The Labute approximate surface area is 250 Å². The quantitative estimate of drug-likeness (QED) is 0.194. The maximum absolute atomic E-state index is 14.9. The fraction of sp³-hybridized carbons (Fsp3) is 0.467. The van der Waals surface area contributed by atoms with Gasteiger partial charge in [0.05, 0.1) is 23.6 Å². The number of anilines is 1. The summed E-state index contributed by atoms with van der Waals surface area (Å²) in [6.45, 7) is 12.7. The molecule has 14 heteroatoms. The Hall–Kier alpha value is -3.94. The van der Waals surface area contributed by atoms with Crippen molar-refractivity contribution in [2.75, 3.05) is 11.9 Å². The first-order valence-corrected chi connectivity index (χ1v) is 13.7. The van der Waals surface area contributed by atoms with Gasteiger partial charge in [0.1, 0.15) is 5.60 Å². The first-order chi connectivity index (χ1) is 20.4. The number of ether oxygens (including phenoxy) is 2. The number of fused-ring (bicyclic) bond motifs is 5. The van der Waals surface area contributed by atoms with Gasteiger partial charge in [0.15, 0.2) is 5.69 Å². The van der Waals surface area contributed by atoms with Crippen molar-refractivity contribution < 1.29 is 45.0 Å². The van der Waals surface area contributed by atoms with E-state index in [9.17, 15) is 31.1 Å². The molecule has 4 bridgehead atoms. The van der Waals surface area contributed by atoms with Crippen LogP contribution >= 0.6 is 0 Å². The van der Waals surface area contributed by atoms with Gasteiger partial charge in [-0.15, -0.1) is 10.2 Å². The standard InChI is InChI=1S/C30H34F6N4O4/c1-7-13-19(8-2)17-42-28(30(34,35)36)15-12-10-9-11-14-18(3)22-20(29(31,32)33)16-21(37-26(41)44-27(4,5)6)23(38-22)24-39-40-25(28)43-24/h7-10,13,16,18H,1-2,11-12,14-15,17H2,3-6H3,(H,37,41)/b10-9-,19-13+. The highest BCUT2D eigenvalue weighted by Crippen LogP contribution is 2.47. The molecule has 240 valence electrons. The van der Waals surface area contributed by atoms with E-state index in [-0.39, 0.29) is 24.8 Å². The Morgan fingerprint density at radius 3 is 2.41 bits per heavy atom. The van der Waals surface area contributed by atoms with E-state index < -0.39 is 83.0 Å². The van der Waals surface area contributed by atoms with Gasteiger partial charge in [-0.05, 0) is 64.0 Å². The molecule has 1 aliphatic heterocycles. The van der Waals surface area contributed by atoms with Crippen LogP contribution in [0, 0.1) is 0 Å². The minimum Gasteiger partial charge on any atom is -0.444 e. The van der Waals surface area contributed by atoms with Gasteiger partial charge in [-0.2, -0.15) is 26.3 Å². The summed E-state index contributed by atoms with van der Waals surface area (Å²) in [7, 11) is 0. The molecule has 0 aliphatic carbocycles. The van der Waals surface area contributed by atoms with E-state index in [0.29, 0.717) is 6.07 Å². The number of nitrogens with zero attached hydrogens (tertiary/aromatic N) is 3. The fourth-order valence-corrected chi connectivity index (χ4v) is 4.41. The molecule has 0 aromatic carbocycles. The Morgan fingerprint density at radius 2 is 1.82 bits per heavy atom. The number of hydrogen-bond acceptors (Lipinski definition) is 7. The minimum atomic E-state index is -5.08. The minimum absolute atomic E-state index is 0.136. The van der Waals surface area contributed by atoms with Crippen molar-refractivity contribution in [1.82, 2.24) is 15.2 Å². The third-order valence-electron chi connectivity index (χ3n) is 6.57. The van der Waals surface area contributed by atoms with Crippen molar-refractivity contribution in [2.45, 2.75) is 82.9 Å². The van der Waals surface area contributed by atoms with Crippen LogP contribution in [0.25, 0.3) is 11.6 Å². The molecule has 0 spiro atoms. The number of allylic oxidation sites excluding steroid dienone is 4. The predicted octanol–water partition coefficient (Wildman–Crippen LogP) is 8.80. The fourth-order valence-electron chi connectivity index (χ4n) is 4.41. The molecule has 1 N–H and O–H groups in total. The number of carbonyl (C=O) groups is 1. The maximum Gasteiger partial charge on any atom is 0.426 e. The lowest BCUT2D eigenvalue weighted by atomic mass is 9.94. The third-order valence-corrected chi connectivity index (χ3v) is 6.57. The van der Waals surface area contributed by atoms with E-state index in [2.05, 4.69) is 33.7 Å². The van der Waals surface area contributed by atoms with Gasteiger partial charge in [0.25, 0.3) is 11.8 Å². The van der Waals surface area contributed by atoms with E-state index in [1.807, 2.05) is 0 Å². The van der Waals surface area contributed by atoms with Gasteiger partial charge in [-0.25, -0.2) is 9.78 Å². The van der Waals surface area contributed by atoms with Crippen LogP contribution in [-0.2, 0) is 21.3 Å². The summed E-state index contributed by atoms with van der Waals surface area (Å²) in [4.78, 5) is 16.8. The Kier molecular flexibility index (Phi) is 10.5. The molecule has 1 aliphatic rings. The highest BCUT2D eigenvalue weighted by atomic mass is 19.4. The largest absolute Gasteiger partial charge is 0.444 e. The molecule has 1 amide bonds. The van der Waals surface area contributed by atoms with Crippen molar-refractivity contribution in [1.29, 1.82) is 0 Å². The third kappa shape index (κ3) is 8.16. The zero-order valence-electron chi connectivity index (χ0n) is 24.7. The van der Waals surface area contributed by atoms with Crippen LogP contribution in [-0.4, -0.2) is 39.7 Å². The molecule has 44 heavy (non-hydrogen) atoms. The van der Waals surface area contributed by atoms with Gasteiger partial charge in [-0.3, -0.25) is 5.32 Å². The number of carbonyl (C=O) groups excluding carboxylic acids is 1. The van der Waals surface area contributed by atoms with Crippen LogP contribution in [0.1, 0.15) is 76.4 Å². The summed E-state index contributed by atoms with van der Waals surface area (Å²) < 4.78 is 104. The number of amides is 1. The molecule has 2 aromatic rings. The number of nitrogens with one attached hydrogen (secondary N) is 1. The lowest BCUT2D eigenvalue weighted by Gasteiger charge is -2.32. The molecule has 8 nitrogen and oxygen atoms in total. The first-order valence-electron chi connectivity index (χ1n) is 13.7. The van der Waals surface area contributed by atoms with Gasteiger partial charge >= 0.3 is 18.4 Å². The van der Waals surface area contributed by atoms with Crippen molar-refractivity contribution in [2.24, 2.45) is 0 Å². The van der Waals surface area contributed by atoms with Crippen molar-refractivity contribution in [3.8, 4) is 11.6 Å². The molecule has 2 atom stereocenters. The molecule has 0 fully saturated rings. The predicted molar refractivity (Wildman–Crippen MR) is 151 cm³/mol. The second kappa shape index (κ2) is 13.4. The van der Waals surface area contributed by atoms with E-state index in [1.165, 1.54) is 31.2 Å². The highest BCUT2D eigenvalue weighted by molar-refractivity contribution is 5.89. The molecule has 0 saturated carbocycles. The second-order valence-electron chi connectivity index (χ2n) is 11.1. The Balaban J connectivity index is 2.29. The van der Waals surface area contributed by atoms with Gasteiger partial charge in [0.2, 0.25) is 5.60 Å². The molecular formula is C30H34F6N4O4. The first kappa shape index (κ1) is 34.5. The summed E-state index contributed by atoms with van der Waals surface area (Å²) in [5.74, 6) is -2.40. The second-order valence-corrected chi connectivity index (χ2v) is 11.1. The Bertz CT molecular complexity index is 1420. The smallest absolute Gasteiger partial charge is 0.426 e. The number of pyridine rings is 1. The van der Waals surface area contributed by atoms with E-state index in [0.717, 1.165) is 0 Å². The van der Waals surface area contributed by atoms with Crippen molar-refractivity contribution in [3.05, 3.63) is 72.3 Å². The molecular weight excluding hydrogens is 594 g/mol. The summed E-state index contributed by atoms with van der Waals surface area (Å²) in [5, 5.41) is 9.58. The molecule has 3 heterocycles. The maximum atomic E-state index is 14.9. The molecule has 2 aromatic heterocycles. The normalized spacial score (nSPS) is 20.8. The van der Waals surface area contributed by atoms with Crippen LogP contribution in [0.3, 0.4) is 0 Å². The van der Waals surface area contributed by atoms with Gasteiger partial charge in [-0.1, -0.05) is 50.5 Å². The molecule has 2 unspecified atom stereocenters. The van der Waals surface area contributed by atoms with Crippen molar-refractivity contribution in [3.63, 3.8) is 0 Å². The van der Waals surface area contributed by atoms with Crippen LogP contribution in [0.15, 0.2) is 59.6 Å². The topological polar surface area (TPSA) is 99.4 Å². The summed E-state index contributed by atoms with van der Waals surface area (Å²) in [5.41, 5.74) is -6.42. The monoisotopic (exact) mass is 628 g/mol. The van der Waals surface area contributed by atoms with Crippen LogP contribution in [0.5, 0.6) is 0 Å². The van der Waals surface area contributed by atoms with Crippen LogP contribution < -0.4 is 5.32 Å². The average molecular weight is 629 g/mol. The number of alkyl halides is 6. The highest BCUT2D eigenvalue weighted by Gasteiger charge is 2.61. The van der Waals surface area contributed by atoms with Gasteiger partial charge < -0.3 is 13.9 Å². The van der Waals surface area contributed by atoms with E-state index >= 15 is 0 Å². The number of aromatic nitrogens is 3. The lowest BCUT2D eigenvalue weighted by molar-refractivity contribution is -0.292. The van der Waals surface area contributed by atoms with E-state index in [4.69, 9.17) is 13.9 Å². The van der Waals surface area contributed by atoms with E-state index in [1.54, 1.807) is 26.8 Å². The summed E-state index contributed by atoms with van der Waals surface area (Å²) in [6.07, 6.45) is -4.28. The number of rotatable bonds is 6. The number of halogens is 6. The molecule has 3 rings (SSSR count). The summed E-state index contributed by atoms with van der Waals surface area (Å²) >= 11 is 0. The number of hydrogen-bond donors (Lipinski definition) is 1. The van der Waals surface area contributed by atoms with Gasteiger partial charge in [0, 0.05) is 0 Å². The zero-order chi connectivity index (χ0) is 32.9.